The summed E-state index contributed by atoms with van der Waals surface area (Å²) in [4.78, 5) is 34.7. The van der Waals surface area contributed by atoms with Gasteiger partial charge in [0.25, 0.3) is 5.91 Å². The van der Waals surface area contributed by atoms with E-state index in [9.17, 15) is 14.0 Å². The Labute approximate surface area is 186 Å². The second-order valence-electron chi connectivity index (χ2n) is 8.15. The maximum atomic E-state index is 14.9. The molecule has 0 saturated carbocycles. The highest BCUT2D eigenvalue weighted by Gasteiger charge is 2.35. The van der Waals surface area contributed by atoms with E-state index in [4.69, 9.17) is 9.47 Å². The molecule has 170 valence electrons. The Hall–Kier alpha value is -3.20. The maximum Gasteiger partial charge on any atom is 0.414 e. The molecule has 1 aromatic heterocycles. The first kappa shape index (κ1) is 22.0. The minimum Gasteiger partial charge on any atom is -0.447 e. The summed E-state index contributed by atoms with van der Waals surface area (Å²) in [6.45, 7) is 6.68. The molecule has 0 radical (unpaired) electrons. The lowest BCUT2D eigenvalue weighted by atomic mass is 10.1. The van der Waals surface area contributed by atoms with E-state index in [1.807, 2.05) is 20.0 Å². The van der Waals surface area contributed by atoms with Gasteiger partial charge in [-0.3, -0.25) is 9.69 Å². The van der Waals surface area contributed by atoms with Crippen LogP contribution < -0.4 is 9.80 Å². The lowest BCUT2D eigenvalue weighted by molar-refractivity contribution is 0.0742. The third-order valence-corrected chi connectivity index (χ3v) is 5.84. The van der Waals surface area contributed by atoms with Crippen LogP contribution in [-0.4, -0.2) is 74.4 Å². The molecule has 2 aliphatic heterocycles. The van der Waals surface area contributed by atoms with Gasteiger partial charge in [0.15, 0.2) is 0 Å². The highest BCUT2D eigenvalue weighted by Crippen LogP contribution is 2.27. The number of anilines is 2. The number of hydrogen-bond acceptors (Lipinski definition) is 6. The Morgan fingerprint density at radius 1 is 1.22 bits per heavy atom. The van der Waals surface area contributed by atoms with Gasteiger partial charge in [0.2, 0.25) is 0 Å². The van der Waals surface area contributed by atoms with Crippen molar-refractivity contribution in [2.24, 2.45) is 0 Å². The Bertz CT molecular complexity index is 1020. The fourth-order valence-corrected chi connectivity index (χ4v) is 4.25. The number of rotatable bonds is 5. The molecule has 8 nitrogen and oxygen atoms in total. The zero-order chi connectivity index (χ0) is 22.8. The van der Waals surface area contributed by atoms with Crippen LogP contribution in [-0.2, 0) is 9.47 Å². The minimum atomic E-state index is -0.665. The van der Waals surface area contributed by atoms with Crippen molar-refractivity contribution in [1.82, 2.24) is 9.88 Å². The van der Waals surface area contributed by atoms with Crippen molar-refractivity contribution >= 4 is 23.5 Å². The number of cyclic esters (lactones) is 1. The first-order valence-corrected chi connectivity index (χ1v) is 10.6. The van der Waals surface area contributed by atoms with Gasteiger partial charge >= 0.3 is 6.09 Å². The van der Waals surface area contributed by atoms with Crippen LogP contribution in [0.4, 0.5) is 20.7 Å². The van der Waals surface area contributed by atoms with Crippen LogP contribution in [0.1, 0.15) is 21.5 Å². The monoisotopic (exact) mass is 442 g/mol. The van der Waals surface area contributed by atoms with Crippen LogP contribution >= 0.6 is 0 Å². The predicted molar refractivity (Wildman–Crippen MR) is 118 cm³/mol. The first-order valence-electron chi connectivity index (χ1n) is 10.6. The van der Waals surface area contributed by atoms with Gasteiger partial charge in [-0.15, -0.1) is 0 Å². The summed E-state index contributed by atoms with van der Waals surface area (Å²) in [7, 11) is 1.53. The van der Waals surface area contributed by atoms with Crippen molar-refractivity contribution in [1.29, 1.82) is 0 Å². The smallest absolute Gasteiger partial charge is 0.414 e. The summed E-state index contributed by atoms with van der Waals surface area (Å²) in [5.41, 5.74) is 2.53. The van der Waals surface area contributed by atoms with Gasteiger partial charge in [-0.05, 0) is 43.2 Å². The molecule has 9 heteroatoms. The topological polar surface area (TPSA) is 75.2 Å². The van der Waals surface area contributed by atoms with Crippen LogP contribution in [0.25, 0.3) is 0 Å². The van der Waals surface area contributed by atoms with Crippen molar-refractivity contribution in [2.75, 3.05) is 56.3 Å². The highest BCUT2D eigenvalue weighted by atomic mass is 19.1. The van der Waals surface area contributed by atoms with E-state index < -0.39 is 11.9 Å². The van der Waals surface area contributed by atoms with Crippen molar-refractivity contribution in [2.45, 2.75) is 19.9 Å². The zero-order valence-electron chi connectivity index (χ0n) is 18.5. The molecular weight excluding hydrogens is 415 g/mol. The fourth-order valence-electron chi connectivity index (χ4n) is 4.25. The summed E-state index contributed by atoms with van der Waals surface area (Å²) < 4.78 is 25.1. The SMILES string of the molecule is COC[C@@H]1COC(=O)N1c1ccc(C(=O)N2CCN(c3ncc(C)cc3C)CC2)c(F)c1. The lowest BCUT2D eigenvalue weighted by Gasteiger charge is -2.36. The summed E-state index contributed by atoms with van der Waals surface area (Å²) in [5, 5.41) is 0. The second-order valence-corrected chi connectivity index (χ2v) is 8.15. The number of carbonyl (C=O) groups excluding carboxylic acids is 2. The third kappa shape index (κ3) is 4.25. The average molecular weight is 442 g/mol. The predicted octanol–water partition coefficient (Wildman–Crippen LogP) is 2.77. The molecule has 1 aromatic carbocycles. The van der Waals surface area contributed by atoms with E-state index in [-0.39, 0.29) is 30.7 Å². The summed E-state index contributed by atoms with van der Waals surface area (Å²) in [5.74, 6) is -0.108. The molecule has 1 atom stereocenters. The van der Waals surface area contributed by atoms with Crippen LogP contribution in [0.3, 0.4) is 0 Å². The van der Waals surface area contributed by atoms with Crippen molar-refractivity contribution in [3.63, 3.8) is 0 Å². The van der Waals surface area contributed by atoms with Gasteiger partial charge in [0.1, 0.15) is 18.2 Å². The molecule has 32 heavy (non-hydrogen) atoms. The van der Waals surface area contributed by atoms with Gasteiger partial charge in [-0.25, -0.2) is 14.2 Å². The van der Waals surface area contributed by atoms with E-state index in [2.05, 4.69) is 16.0 Å². The maximum absolute atomic E-state index is 14.9. The third-order valence-electron chi connectivity index (χ3n) is 5.84. The number of hydrogen-bond donors (Lipinski definition) is 0. The van der Waals surface area contributed by atoms with Crippen LogP contribution in [0.5, 0.6) is 0 Å². The summed E-state index contributed by atoms with van der Waals surface area (Å²) >= 11 is 0. The Morgan fingerprint density at radius 2 is 1.97 bits per heavy atom. The van der Waals surface area contributed by atoms with Gasteiger partial charge in [0.05, 0.1) is 23.9 Å². The molecule has 0 N–H and O–H groups in total. The number of amides is 2. The summed E-state index contributed by atoms with van der Waals surface area (Å²) in [6.07, 6.45) is 1.28. The molecule has 4 rings (SSSR count). The fraction of sp³-hybridized carbons (Fsp3) is 0.435. The minimum absolute atomic E-state index is 0.0114. The van der Waals surface area contributed by atoms with Gasteiger partial charge in [0, 0.05) is 39.5 Å². The van der Waals surface area contributed by atoms with Gasteiger partial charge in [-0.2, -0.15) is 0 Å². The van der Waals surface area contributed by atoms with Crippen molar-refractivity contribution < 1.29 is 23.5 Å². The quantitative estimate of drug-likeness (QED) is 0.709. The molecule has 3 heterocycles. The number of pyridine rings is 1. The molecule has 0 unspecified atom stereocenters. The Kier molecular flexibility index (Phi) is 6.27. The average Bonchev–Trinajstić information content (AvgIpc) is 3.14. The molecule has 2 aromatic rings. The molecular formula is C23H27FN4O4. The highest BCUT2D eigenvalue weighted by molar-refractivity contribution is 5.96. The number of methoxy groups -OCH3 is 1. The van der Waals surface area contributed by atoms with Gasteiger partial charge < -0.3 is 19.3 Å². The van der Waals surface area contributed by atoms with E-state index in [0.29, 0.717) is 31.9 Å². The number of carbonyl (C=O) groups is 2. The number of nitrogens with zero attached hydrogens (tertiary/aromatic N) is 4. The number of aryl methyl sites for hydroxylation is 2. The van der Waals surface area contributed by atoms with Crippen LogP contribution in [0.15, 0.2) is 30.5 Å². The first-order chi connectivity index (χ1) is 15.4. The molecule has 0 bridgehead atoms. The van der Waals surface area contributed by atoms with E-state index in [0.717, 1.165) is 16.9 Å². The molecule has 2 aliphatic rings. The standard InChI is InChI=1S/C23H27FN4O4/c1-15-10-16(2)21(25-12-15)26-6-8-27(9-7-26)22(29)19-5-4-17(11-20(19)24)28-18(13-31-3)14-32-23(28)30/h4-5,10-12,18H,6-9,13-14H2,1-3H3/t18-/m1/s1. The van der Waals surface area contributed by atoms with E-state index in [1.165, 1.54) is 24.1 Å². The van der Waals surface area contributed by atoms with Crippen LogP contribution in [0, 0.1) is 19.7 Å². The Morgan fingerprint density at radius 3 is 2.62 bits per heavy atom. The van der Waals surface area contributed by atoms with E-state index >= 15 is 0 Å². The largest absolute Gasteiger partial charge is 0.447 e. The van der Waals surface area contributed by atoms with E-state index in [1.54, 1.807) is 11.0 Å². The number of halogens is 1. The molecule has 2 saturated heterocycles. The zero-order valence-corrected chi connectivity index (χ0v) is 18.5. The van der Waals surface area contributed by atoms with Crippen LogP contribution in [0.2, 0.25) is 0 Å². The number of ether oxygens (including phenoxy) is 2. The normalized spacial score (nSPS) is 18.8. The van der Waals surface area contributed by atoms with Crippen molar-refractivity contribution in [3.8, 4) is 0 Å². The number of piperazine rings is 1. The second kappa shape index (κ2) is 9.12. The number of aromatic nitrogens is 1. The molecule has 0 spiro atoms. The van der Waals surface area contributed by atoms with Crippen molar-refractivity contribution in [3.05, 3.63) is 53.0 Å². The molecule has 2 fully saturated rings. The Balaban J connectivity index is 1.44. The van der Waals surface area contributed by atoms with Gasteiger partial charge in [-0.1, -0.05) is 6.07 Å². The molecule has 2 amide bonds. The summed E-state index contributed by atoms with van der Waals surface area (Å²) in [6, 6.07) is 5.96. The number of benzene rings is 1. The lowest BCUT2D eigenvalue weighted by Crippen LogP contribution is -2.49. The molecule has 0 aliphatic carbocycles.